The topological polar surface area (TPSA) is 55.8 Å². The van der Waals surface area contributed by atoms with E-state index < -0.39 is 11.9 Å². The molecule has 0 aromatic heterocycles. The maximum Gasteiger partial charge on any atom is 0.335 e. The van der Waals surface area contributed by atoms with E-state index in [4.69, 9.17) is 9.47 Å². The fourth-order valence-corrected chi connectivity index (χ4v) is 7.00. The maximum absolute atomic E-state index is 11.6. The highest BCUT2D eigenvalue weighted by molar-refractivity contribution is 6.06. The summed E-state index contributed by atoms with van der Waals surface area (Å²) in [4.78, 5) is 25.6. The zero-order chi connectivity index (χ0) is 34.9. The number of carbonyl (C=O) groups is 2. The van der Waals surface area contributed by atoms with Crippen LogP contribution in [0.4, 0.5) is 11.4 Å². The summed E-state index contributed by atoms with van der Waals surface area (Å²) in [6.07, 6.45) is 8.85. The van der Waals surface area contributed by atoms with Crippen LogP contribution in [-0.2, 0) is 16.0 Å². The van der Waals surface area contributed by atoms with Crippen LogP contribution in [0.5, 0.6) is 11.5 Å². The molecular formula is C46H33NO4. The van der Waals surface area contributed by atoms with E-state index in [1.54, 1.807) is 24.3 Å². The molecule has 6 aromatic rings. The third kappa shape index (κ3) is 6.06. The summed E-state index contributed by atoms with van der Waals surface area (Å²) in [5.74, 6) is -0.0218. The van der Waals surface area contributed by atoms with Crippen LogP contribution in [0.2, 0.25) is 0 Å². The van der Waals surface area contributed by atoms with Crippen molar-refractivity contribution in [2.45, 2.75) is 12.8 Å². The normalized spacial score (nSPS) is 12.7. The fourth-order valence-electron chi connectivity index (χ4n) is 7.00. The first-order valence-corrected chi connectivity index (χ1v) is 16.8. The Morgan fingerprint density at radius 1 is 0.569 bits per heavy atom. The molecule has 5 heteroatoms. The van der Waals surface area contributed by atoms with Gasteiger partial charge in [-0.15, -0.1) is 0 Å². The van der Waals surface area contributed by atoms with Gasteiger partial charge in [0.2, 0.25) is 0 Å². The van der Waals surface area contributed by atoms with Crippen molar-refractivity contribution in [3.8, 4) is 33.8 Å². The number of hydrogen-bond donors (Lipinski definition) is 0. The molecule has 0 atom stereocenters. The minimum absolute atomic E-state index is 0.474. The summed E-state index contributed by atoms with van der Waals surface area (Å²) in [7, 11) is 0. The van der Waals surface area contributed by atoms with Crippen molar-refractivity contribution in [1.82, 2.24) is 0 Å². The summed E-state index contributed by atoms with van der Waals surface area (Å²) in [5, 5.41) is 2.63. The lowest BCUT2D eigenvalue weighted by atomic mass is 9.80. The molecule has 0 radical (unpaired) electrons. The Balaban J connectivity index is 1.17. The first-order chi connectivity index (χ1) is 25.0. The van der Waals surface area contributed by atoms with Gasteiger partial charge in [0, 0.05) is 29.1 Å². The summed E-state index contributed by atoms with van der Waals surface area (Å²) in [5.41, 5.74) is 12.6. The molecule has 0 aliphatic heterocycles. The Bertz CT molecular complexity index is 2290. The van der Waals surface area contributed by atoms with E-state index in [1.165, 1.54) is 33.0 Å². The number of anilines is 2. The molecule has 6 aromatic carbocycles. The van der Waals surface area contributed by atoms with Crippen LogP contribution < -0.4 is 14.4 Å². The Morgan fingerprint density at radius 3 is 1.59 bits per heavy atom. The lowest BCUT2D eigenvalue weighted by Crippen LogP contribution is -2.19. The van der Waals surface area contributed by atoms with Crippen molar-refractivity contribution in [1.29, 1.82) is 0 Å². The molecule has 0 heterocycles. The molecule has 51 heavy (non-hydrogen) atoms. The third-order valence-corrected chi connectivity index (χ3v) is 9.45. The Kier molecular flexibility index (Phi) is 8.22. The minimum atomic E-state index is -0.485. The van der Waals surface area contributed by atoms with E-state index in [-0.39, 0.29) is 0 Å². The van der Waals surface area contributed by atoms with Gasteiger partial charge >= 0.3 is 11.9 Å². The van der Waals surface area contributed by atoms with Gasteiger partial charge < -0.3 is 14.4 Å². The van der Waals surface area contributed by atoms with Crippen molar-refractivity contribution >= 4 is 45.4 Å². The monoisotopic (exact) mass is 663 g/mol. The van der Waals surface area contributed by atoms with Crippen LogP contribution >= 0.6 is 0 Å². The molecule has 0 saturated carbocycles. The molecular weight excluding hydrogens is 631 g/mol. The highest BCUT2D eigenvalue weighted by atomic mass is 16.5. The molecule has 0 unspecified atom stereocenters. The third-order valence-electron chi connectivity index (χ3n) is 9.45. The van der Waals surface area contributed by atoms with Gasteiger partial charge in [0.05, 0.1) is 5.70 Å². The number of benzene rings is 6. The number of carbonyl (C=O) groups excluding carboxylic acids is 2. The fraction of sp³-hybridized carbons (Fsp3) is 0.0435. The Labute approximate surface area is 296 Å². The zero-order valence-electron chi connectivity index (χ0n) is 27.8. The summed E-state index contributed by atoms with van der Waals surface area (Å²) < 4.78 is 10.5. The molecule has 0 bridgehead atoms. The lowest BCUT2D eigenvalue weighted by Gasteiger charge is -2.34. The van der Waals surface area contributed by atoms with E-state index in [0.717, 1.165) is 64.3 Å². The average molecular weight is 664 g/mol. The molecule has 0 saturated heterocycles. The highest BCUT2D eigenvalue weighted by Crippen LogP contribution is 2.47. The second kappa shape index (κ2) is 13.3. The van der Waals surface area contributed by atoms with Gasteiger partial charge in [0.1, 0.15) is 11.5 Å². The molecule has 0 spiro atoms. The van der Waals surface area contributed by atoms with Crippen molar-refractivity contribution in [3.63, 3.8) is 0 Å². The van der Waals surface area contributed by atoms with Gasteiger partial charge in [-0.3, -0.25) is 0 Å². The van der Waals surface area contributed by atoms with Crippen LogP contribution in [0, 0.1) is 0 Å². The predicted octanol–water partition coefficient (Wildman–Crippen LogP) is 10.9. The number of hydrogen-bond acceptors (Lipinski definition) is 5. The number of esters is 2. The SMILES string of the molecule is C=CC(=O)Oc1ccc(-c2ccc(N(C3=CCC4=CCc5cccc6ccc3c4c56)c3ccc(-c4ccc(OC(=O)C=C)cc4)cc3)cc2)cc1. The van der Waals surface area contributed by atoms with E-state index in [0.29, 0.717) is 11.5 Å². The molecule has 8 rings (SSSR count). The highest BCUT2D eigenvalue weighted by Gasteiger charge is 2.27. The summed E-state index contributed by atoms with van der Waals surface area (Å²) >= 11 is 0. The molecule has 0 amide bonds. The quantitative estimate of drug-likeness (QED) is 0.0875. The smallest absolute Gasteiger partial charge is 0.335 e. The van der Waals surface area contributed by atoms with Crippen LogP contribution in [-0.4, -0.2) is 11.9 Å². The van der Waals surface area contributed by atoms with Crippen LogP contribution in [0.25, 0.3) is 44.3 Å². The lowest BCUT2D eigenvalue weighted by molar-refractivity contribution is -0.129. The van der Waals surface area contributed by atoms with Gasteiger partial charge in [0.15, 0.2) is 0 Å². The van der Waals surface area contributed by atoms with E-state index in [9.17, 15) is 9.59 Å². The van der Waals surface area contributed by atoms with E-state index in [2.05, 4.69) is 109 Å². The second-order valence-electron chi connectivity index (χ2n) is 12.5. The van der Waals surface area contributed by atoms with E-state index in [1.807, 2.05) is 24.3 Å². The molecule has 0 N–H and O–H groups in total. The Morgan fingerprint density at radius 2 is 1.08 bits per heavy atom. The van der Waals surface area contributed by atoms with Crippen LogP contribution in [0.3, 0.4) is 0 Å². The number of nitrogens with zero attached hydrogens (tertiary/aromatic N) is 1. The number of ether oxygens (including phenoxy) is 2. The van der Waals surface area contributed by atoms with Crippen LogP contribution in [0.15, 0.2) is 165 Å². The van der Waals surface area contributed by atoms with Crippen molar-refractivity contribution in [3.05, 3.63) is 182 Å². The standard InChI is InChI=1S/C46H33NO4/c1-3-43(48)50-39-24-14-32(15-25-39)30-10-20-37(21-11-30)47(38-22-12-31(13-23-38)33-16-26-40(27-17-33)51-44(49)4-2)42-29-19-36-9-8-34-6-5-7-35-18-28-41(42)46(36)45(34)35/h3-7,9-18,20-29H,1-2,8,19H2. The second-order valence-corrected chi connectivity index (χ2v) is 12.5. The molecule has 0 fully saturated rings. The minimum Gasteiger partial charge on any atom is -0.423 e. The molecule has 2 aliphatic carbocycles. The van der Waals surface area contributed by atoms with Gasteiger partial charge in [-0.2, -0.15) is 0 Å². The van der Waals surface area contributed by atoms with Gasteiger partial charge in [-0.05, 0) is 111 Å². The molecule has 5 nitrogen and oxygen atoms in total. The van der Waals surface area contributed by atoms with Gasteiger partial charge in [-0.25, -0.2) is 9.59 Å². The van der Waals surface area contributed by atoms with Crippen LogP contribution in [0.1, 0.15) is 23.1 Å². The van der Waals surface area contributed by atoms with Crippen molar-refractivity contribution in [2.24, 2.45) is 0 Å². The zero-order valence-corrected chi connectivity index (χ0v) is 27.8. The average Bonchev–Trinajstić information content (AvgIpc) is 3.18. The largest absolute Gasteiger partial charge is 0.423 e. The number of rotatable bonds is 9. The van der Waals surface area contributed by atoms with Gasteiger partial charge in [-0.1, -0.05) is 104 Å². The summed E-state index contributed by atoms with van der Waals surface area (Å²) in [6.45, 7) is 6.93. The van der Waals surface area contributed by atoms with Gasteiger partial charge in [0.25, 0.3) is 0 Å². The molecule has 2 aliphatic rings. The maximum atomic E-state index is 11.6. The predicted molar refractivity (Wildman–Crippen MR) is 206 cm³/mol. The Hall–Kier alpha value is -6.72. The van der Waals surface area contributed by atoms with E-state index >= 15 is 0 Å². The first kappa shape index (κ1) is 31.5. The van der Waals surface area contributed by atoms with Crippen molar-refractivity contribution in [2.75, 3.05) is 4.90 Å². The first-order valence-electron chi connectivity index (χ1n) is 16.8. The number of allylic oxidation sites excluding steroid dienone is 3. The summed E-state index contributed by atoms with van der Waals surface area (Å²) in [6, 6.07) is 43.2. The molecule has 246 valence electrons. The van der Waals surface area contributed by atoms with Crippen molar-refractivity contribution < 1.29 is 19.1 Å².